The lowest BCUT2D eigenvalue weighted by molar-refractivity contribution is 0.634. The Kier molecular flexibility index (Phi) is 5.21. The highest BCUT2D eigenvalue weighted by molar-refractivity contribution is 7.99. The maximum Gasteiger partial charge on any atom is 0.105 e. The lowest BCUT2D eigenvalue weighted by Crippen LogP contribution is -2.13. The summed E-state index contributed by atoms with van der Waals surface area (Å²) >= 11 is 1.73. The Balaban J connectivity index is 2.21. The van der Waals surface area contributed by atoms with Crippen molar-refractivity contribution >= 4 is 11.8 Å². The summed E-state index contributed by atoms with van der Waals surface area (Å²) in [4.78, 5) is 5.76. The molecule has 1 unspecified atom stereocenters. The molecule has 1 aromatic carbocycles. The second-order valence-corrected chi connectivity index (χ2v) is 6.30. The molecule has 0 bridgehead atoms. The molecule has 0 aliphatic heterocycles. The first-order chi connectivity index (χ1) is 9.61. The largest absolute Gasteiger partial charge is 0.313 e. The molecule has 1 heterocycles. The minimum Gasteiger partial charge on any atom is -0.313 e. The van der Waals surface area contributed by atoms with Gasteiger partial charge in [-0.15, -0.1) is 0 Å². The fourth-order valence-electron chi connectivity index (χ4n) is 2.01. The van der Waals surface area contributed by atoms with Crippen LogP contribution in [-0.2, 0) is 0 Å². The third-order valence-corrected chi connectivity index (χ3v) is 4.50. The van der Waals surface area contributed by atoms with E-state index in [1.165, 1.54) is 16.0 Å². The van der Waals surface area contributed by atoms with Crippen molar-refractivity contribution in [2.75, 3.05) is 7.05 Å². The van der Waals surface area contributed by atoms with Gasteiger partial charge in [0.1, 0.15) is 5.03 Å². The Morgan fingerprint density at radius 2 is 1.75 bits per heavy atom. The molecule has 1 aromatic heterocycles. The van der Waals surface area contributed by atoms with Gasteiger partial charge in [0.15, 0.2) is 0 Å². The van der Waals surface area contributed by atoms with E-state index in [1.807, 2.05) is 19.3 Å². The third-order valence-electron chi connectivity index (χ3n) is 3.46. The summed E-state index contributed by atoms with van der Waals surface area (Å²) in [5, 5.41) is 4.35. The van der Waals surface area contributed by atoms with E-state index in [-0.39, 0.29) is 0 Å². The number of hydrogen-bond acceptors (Lipinski definition) is 3. The van der Waals surface area contributed by atoms with Gasteiger partial charge in [0.05, 0.1) is 0 Å². The van der Waals surface area contributed by atoms with Gasteiger partial charge in [0.2, 0.25) is 0 Å². The number of hydrogen-bond donors (Lipinski definition) is 1. The summed E-state index contributed by atoms with van der Waals surface area (Å²) in [7, 11) is 1.98. The van der Waals surface area contributed by atoms with Crippen LogP contribution >= 0.6 is 11.8 Å². The molecule has 20 heavy (non-hydrogen) atoms. The Bertz CT molecular complexity index is 549. The van der Waals surface area contributed by atoms with Crippen molar-refractivity contribution in [3.05, 3.63) is 53.7 Å². The average Bonchev–Trinajstić information content (AvgIpc) is 2.47. The standard InChI is InChI=1S/C17H22N2S/c1-12(2)14-7-9-15(10-8-14)20-17-16(13(3)18-4)6-5-11-19-17/h5-13,18H,1-4H3. The van der Waals surface area contributed by atoms with Crippen LogP contribution in [0.2, 0.25) is 0 Å². The molecule has 0 aliphatic rings. The van der Waals surface area contributed by atoms with Crippen molar-refractivity contribution in [2.24, 2.45) is 0 Å². The second kappa shape index (κ2) is 6.91. The topological polar surface area (TPSA) is 24.9 Å². The highest BCUT2D eigenvalue weighted by Gasteiger charge is 2.11. The van der Waals surface area contributed by atoms with Crippen molar-refractivity contribution in [3.63, 3.8) is 0 Å². The zero-order valence-corrected chi connectivity index (χ0v) is 13.4. The number of nitrogens with zero attached hydrogens (tertiary/aromatic N) is 1. The van der Waals surface area contributed by atoms with Crippen molar-refractivity contribution < 1.29 is 0 Å². The summed E-state index contributed by atoms with van der Waals surface area (Å²) in [6.45, 7) is 6.59. The normalized spacial score (nSPS) is 12.7. The van der Waals surface area contributed by atoms with Gasteiger partial charge in [-0.05, 0) is 43.7 Å². The predicted octanol–water partition coefficient (Wildman–Crippen LogP) is 4.64. The highest BCUT2D eigenvalue weighted by atomic mass is 32.2. The lowest BCUT2D eigenvalue weighted by atomic mass is 10.0. The van der Waals surface area contributed by atoms with E-state index in [0.29, 0.717) is 12.0 Å². The van der Waals surface area contributed by atoms with Crippen LogP contribution in [-0.4, -0.2) is 12.0 Å². The van der Waals surface area contributed by atoms with Gasteiger partial charge in [0.25, 0.3) is 0 Å². The average molecular weight is 286 g/mol. The number of benzene rings is 1. The molecule has 0 saturated carbocycles. The van der Waals surface area contributed by atoms with E-state index < -0.39 is 0 Å². The molecule has 106 valence electrons. The zero-order chi connectivity index (χ0) is 14.5. The summed E-state index contributed by atoms with van der Waals surface area (Å²) < 4.78 is 0. The Hall–Kier alpha value is -1.32. The molecule has 0 spiro atoms. The lowest BCUT2D eigenvalue weighted by Gasteiger charge is -2.14. The first-order valence-electron chi connectivity index (χ1n) is 7.01. The minimum absolute atomic E-state index is 0.307. The van der Waals surface area contributed by atoms with Crippen LogP contribution in [0.15, 0.2) is 52.5 Å². The zero-order valence-electron chi connectivity index (χ0n) is 12.6. The van der Waals surface area contributed by atoms with Crippen LogP contribution in [0.1, 0.15) is 43.9 Å². The van der Waals surface area contributed by atoms with Gasteiger partial charge in [-0.2, -0.15) is 0 Å². The summed E-state index contributed by atoms with van der Waals surface area (Å²) in [6.07, 6.45) is 1.86. The van der Waals surface area contributed by atoms with Crippen LogP contribution in [0.25, 0.3) is 0 Å². The predicted molar refractivity (Wildman–Crippen MR) is 86.4 cm³/mol. The van der Waals surface area contributed by atoms with Gasteiger partial charge in [-0.3, -0.25) is 0 Å². The molecule has 2 aromatic rings. The Morgan fingerprint density at radius 1 is 1.05 bits per heavy atom. The monoisotopic (exact) mass is 286 g/mol. The number of pyridine rings is 1. The maximum atomic E-state index is 4.52. The molecular formula is C17H22N2S. The van der Waals surface area contributed by atoms with Crippen molar-refractivity contribution in [1.82, 2.24) is 10.3 Å². The summed E-state index contributed by atoms with van der Waals surface area (Å²) in [5.74, 6) is 0.573. The van der Waals surface area contributed by atoms with Crippen LogP contribution in [0.4, 0.5) is 0 Å². The minimum atomic E-state index is 0.307. The van der Waals surface area contributed by atoms with Gasteiger partial charge in [-0.25, -0.2) is 4.98 Å². The van der Waals surface area contributed by atoms with Crippen molar-refractivity contribution in [1.29, 1.82) is 0 Å². The first kappa shape index (κ1) is 15.1. The summed E-state index contributed by atoms with van der Waals surface area (Å²) in [6, 6.07) is 13.2. The Morgan fingerprint density at radius 3 is 2.35 bits per heavy atom. The molecule has 2 rings (SSSR count). The van der Waals surface area contributed by atoms with Gasteiger partial charge < -0.3 is 5.32 Å². The maximum absolute atomic E-state index is 4.52. The van der Waals surface area contributed by atoms with Gasteiger partial charge >= 0.3 is 0 Å². The molecule has 3 heteroatoms. The van der Waals surface area contributed by atoms with Crippen molar-refractivity contribution in [2.45, 2.75) is 42.7 Å². The van der Waals surface area contributed by atoms with E-state index in [4.69, 9.17) is 0 Å². The number of aromatic nitrogens is 1. The molecule has 0 radical (unpaired) electrons. The molecule has 0 saturated heterocycles. The highest BCUT2D eigenvalue weighted by Crippen LogP contribution is 2.32. The first-order valence-corrected chi connectivity index (χ1v) is 7.83. The SMILES string of the molecule is CNC(C)c1cccnc1Sc1ccc(C(C)C)cc1. The van der Waals surface area contributed by atoms with E-state index in [2.05, 4.69) is 61.4 Å². The van der Waals surface area contributed by atoms with Gasteiger partial charge in [0, 0.05) is 22.7 Å². The van der Waals surface area contributed by atoms with Crippen LogP contribution in [0.3, 0.4) is 0 Å². The molecule has 0 aliphatic carbocycles. The molecule has 1 N–H and O–H groups in total. The third kappa shape index (κ3) is 3.62. The fraction of sp³-hybridized carbons (Fsp3) is 0.353. The van der Waals surface area contributed by atoms with Crippen LogP contribution in [0, 0.1) is 0 Å². The van der Waals surface area contributed by atoms with Crippen LogP contribution < -0.4 is 5.32 Å². The van der Waals surface area contributed by atoms with E-state index in [1.54, 1.807) is 11.8 Å². The smallest absolute Gasteiger partial charge is 0.105 e. The number of nitrogens with one attached hydrogen (secondary N) is 1. The van der Waals surface area contributed by atoms with Gasteiger partial charge in [-0.1, -0.05) is 43.8 Å². The molecule has 0 amide bonds. The summed E-state index contributed by atoms with van der Waals surface area (Å²) in [5.41, 5.74) is 2.62. The fourth-order valence-corrected chi connectivity index (χ4v) is 2.98. The van der Waals surface area contributed by atoms with Crippen molar-refractivity contribution in [3.8, 4) is 0 Å². The number of rotatable bonds is 5. The van der Waals surface area contributed by atoms with E-state index in [9.17, 15) is 0 Å². The second-order valence-electron chi connectivity index (χ2n) is 5.23. The molecular weight excluding hydrogens is 264 g/mol. The van der Waals surface area contributed by atoms with E-state index in [0.717, 1.165) is 5.03 Å². The van der Waals surface area contributed by atoms with E-state index >= 15 is 0 Å². The molecule has 2 nitrogen and oxygen atoms in total. The molecule has 0 fully saturated rings. The Labute approximate surface area is 126 Å². The quantitative estimate of drug-likeness (QED) is 0.867. The molecule has 1 atom stereocenters. The van der Waals surface area contributed by atoms with Crippen LogP contribution in [0.5, 0.6) is 0 Å².